The van der Waals surface area contributed by atoms with E-state index < -0.39 is 63.0 Å². The fourth-order valence-corrected chi connectivity index (χ4v) is 7.49. The van der Waals surface area contributed by atoms with Crippen molar-refractivity contribution < 1.29 is 42.2 Å². The van der Waals surface area contributed by atoms with E-state index in [4.69, 9.17) is 10.5 Å². The van der Waals surface area contributed by atoms with E-state index in [0.29, 0.717) is 5.69 Å². The summed E-state index contributed by atoms with van der Waals surface area (Å²) in [6.07, 6.45) is 6.15. The summed E-state index contributed by atoms with van der Waals surface area (Å²) in [5.41, 5.74) is 4.10. The van der Waals surface area contributed by atoms with Crippen LogP contribution in [-0.4, -0.2) is 107 Å². The van der Waals surface area contributed by atoms with E-state index in [1.165, 1.54) is 54.1 Å². The van der Waals surface area contributed by atoms with Crippen LogP contribution in [0.25, 0.3) is 0 Å². The number of rotatable bonds is 14. The Morgan fingerprint density at radius 3 is 2.38 bits per heavy atom. The highest BCUT2D eigenvalue weighted by Gasteiger charge is 2.44. The molecule has 2 heterocycles. The lowest BCUT2D eigenvalue weighted by atomic mass is 9.85. The van der Waals surface area contributed by atoms with Crippen LogP contribution in [0.5, 0.6) is 0 Å². The molecule has 3 atom stereocenters. The second kappa shape index (κ2) is 16.1. The number of nitrogens with zero attached hydrogens (tertiary/aromatic N) is 5. The molecule has 0 radical (unpaired) electrons. The number of ketones is 1. The number of hydrogen-bond donors (Lipinski definition) is 3. The quantitative estimate of drug-likeness (QED) is 0.183. The van der Waals surface area contributed by atoms with Crippen molar-refractivity contribution in [1.82, 2.24) is 25.2 Å². The number of aliphatic hydroxyl groups is 1. The zero-order chi connectivity index (χ0) is 36.8. The van der Waals surface area contributed by atoms with Crippen LogP contribution >= 0.6 is 0 Å². The van der Waals surface area contributed by atoms with E-state index in [9.17, 15) is 37.5 Å². The van der Waals surface area contributed by atoms with Gasteiger partial charge in [0.1, 0.15) is 17.4 Å². The Morgan fingerprint density at radius 2 is 1.78 bits per heavy atom. The van der Waals surface area contributed by atoms with Crippen LogP contribution in [0.3, 0.4) is 0 Å². The largest absolute Gasteiger partial charge is 0.384 e. The number of aliphatic imine (C=N–C) groups is 1. The molecule has 1 aliphatic carbocycles. The Labute approximate surface area is 290 Å². The van der Waals surface area contributed by atoms with Crippen molar-refractivity contribution in [3.63, 3.8) is 0 Å². The summed E-state index contributed by atoms with van der Waals surface area (Å²) in [6.45, 7) is 4.32. The molecule has 4 amide bonds. The molecule has 1 aromatic carbocycles. The first-order valence-corrected chi connectivity index (χ1v) is 18.2. The number of likely N-dealkylation sites (tertiary alicyclic amines) is 1. The average Bonchev–Trinajstić information content (AvgIpc) is 3.75. The molecular weight excluding hydrogens is 670 g/mol. The molecule has 2 fully saturated rings. The first kappa shape index (κ1) is 38.5. The highest BCUT2D eigenvalue weighted by Crippen LogP contribution is 2.33. The van der Waals surface area contributed by atoms with Crippen LogP contribution in [0.4, 0.5) is 0 Å². The van der Waals surface area contributed by atoms with Crippen LogP contribution in [0.2, 0.25) is 0 Å². The molecule has 1 saturated heterocycles. The SMILES string of the molecule is COCCS(=O)(=O)c1ccc(C(=O)/N=C(\CC2CCCCC2)C(=O)N2C[C@@H](n3nncc3C(C)(C)O)C[C@H]2C(=O)NC(C)C(=O)C(N)=O)cc1. The molecule has 1 saturated carbocycles. The molecule has 1 aromatic heterocycles. The number of nitrogens with two attached hydrogens (primary N) is 1. The van der Waals surface area contributed by atoms with Gasteiger partial charge in [-0.2, -0.15) is 0 Å². The molecule has 272 valence electrons. The van der Waals surface area contributed by atoms with E-state index in [0.717, 1.165) is 32.1 Å². The third kappa shape index (κ3) is 9.25. The number of methoxy groups -OCH3 is 1. The minimum absolute atomic E-state index is 0.00512. The van der Waals surface area contributed by atoms with Crippen molar-refractivity contribution in [2.24, 2.45) is 16.6 Å². The van der Waals surface area contributed by atoms with Crippen LogP contribution in [0.15, 0.2) is 40.4 Å². The Morgan fingerprint density at radius 1 is 1.12 bits per heavy atom. The number of nitrogens with one attached hydrogen (secondary N) is 1. The number of Topliss-reactive ketones (excluding diaryl/α,β-unsaturated/α-hetero) is 1. The van der Waals surface area contributed by atoms with Gasteiger partial charge in [0.25, 0.3) is 17.7 Å². The molecule has 2 aromatic rings. The first-order valence-electron chi connectivity index (χ1n) is 16.5. The molecule has 16 nitrogen and oxygen atoms in total. The average molecular weight is 716 g/mol. The molecule has 4 N–H and O–H groups in total. The maximum atomic E-state index is 14.4. The summed E-state index contributed by atoms with van der Waals surface area (Å²) < 4.78 is 31.5. The lowest BCUT2D eigenvalue weighted by Gasteiger charge is -2.27. The summed E-state index contributed by atoms with van der Waals surface area (Å²) in [5, 5.41) is 21.3. The van der Waals surface area contributed by atoms with Crippen molar-refractivity contribution in [2.45, 2.75) is 94.3 Å². The van der Waals surface area contributed by atoms with Crippen LogP contribution in [0.1, 0.15) is 87.8 Å². The van der Waals surface area contributed by atoms with Gasteiger partial charge in [-0.3, -0.25) is 24.0 Å². The van der Waals surface area contributed by atoms with Crippen molar-refractivity contribution in [2.75, 3.05) is 26.0 Å². The minimum atomic E-state index is -3.65. The molecule has 2 aliphatic rings. The highest BCUT2D eigenvalue weighted by atomic mass is 32.2. The van der Waals surface area contributed by atoms with Crippen LogP contribution < -0.4 is 11.1 Å². The van der Waals surface area contributed by atoms with Crippen LogP contribution in [0, 0.1) is 5.92 Å². The summed E-state index contributed by atoms with van der Waals surface area (Å²) in [4.78, 5) is 70.9. The third-order valence-corrected chi connectivity index (χ3v) is 10.8. The number of ether oxygens (including phenoxy) is 1. The number of aromatic nitrogens is 3. The smallest absolute Gasteiger partial charge is 0.287 e. The zero-order valence-electron chi connectivity index (χ0n) is 28.7. The molecular formula is C33H45N7O9S. The number of sulfone groups is 1. The fourth-order valence-electron chi connectivity index (χ4n) is 6.32. The number of carbonyl (C=O) groups is 5. The number of hydrogen-bond acceptors (Lipinski definition) is 11. The Kier molecular flexibility index (Phi) is 12.4. The number of carbonyl (C=O) groups excluding carboxylic acids is 5. The van der Waals surface area contributed by atoms with Gasteiger partial charge in [-0.1, -0.05) is 37.3 Å². The van der Waals surface area contributed by atoms with Gasteiger partial charge in [-0.25, -0.2) is 18.1 Å². The van der Waals surface area contributed by atoms with Gasteiger partial charge >= 0.3 is 0 Å². The maximum Gasteiger partial charge on any atom is 0.287 e. The number of amides is 4. The molecule has 17 heteroatoms. The van der Waals surface area contributed by atoms with Gasteiger partial charge in [0, 0.05) is 25.6 Å². The maximum absolute atomic E-state index is 14.4. The third-order valence-electron chi connectivity index (χ3n) is 9.09. The topological polar surface area (TPSA) is 233 Å². The molecule has 50 heavy (non-hydrogen) atoms. The Balaban J connectivity index is 1.70. The standard InChI is InChI=1S/C33H45N7O9S/c1-20(28(41)29(34)42)36-31(44)26-17-23(40-27(18-35-38-40)33(2,3)46)19-39(26)32(45)25(16-21-8-6-5-7-9-21)37-30(43)22-10-12-24(13-11-22)50(47,48)15-14-49-4/h10-13,18,20-21,23,26,46H,5-9,14-17,19H2,1-4H3,(H2,34,42)(H,36,44)/b37-25+/t20?,23-,26-/m0/s1. The van der Waals surface area contributed by atoms with Gasteiger partial charge in [0.2, 0.25) is 11.7 Å². The molecule has 0 spiro atoms. The van der Waals surface area contributed by atoms with Gasteiger partial charge < -0.3 is 25.8 Å². The summed E-state index contributed by atoms with van der Waals surface area (Å²) >= 11 is 0. The predicted octanol–water partition coefficient (Wildman–Crippen LogP) is 0.879. The van der Waals surface area contributed by atoms with Crippen LogP contribution in [-0.2, 0) is 39.4 Å². The number of benzene rings is 1. The fraction of sp³-hybridized carbons (Fsp3) is 0.576. The zero-order valence-corrected chi connectivity index (χ0v) is 29.5. The minimum Gasteiger partial charge on any atom is -0.384 e. The summed E-state index contributed by atoms with van der Waals surface area (Å²) in [6, 6.07) is 2.17. The van der Waals surface area contributed by atoms with E-state index in [-0.39, 0.29) is 53.8 Å². The van der Waals surface area contributed by atoms with E-state index in [1.807, 2.05) is 0 Å². The van der Waals surface area contributed by atoms with Gasteiger partial charge in [0.15, 0.2) is 9.84 Å². The molecule has 1 aliphatic heterocycles. The van der Waals surface area contributed by atoms with E-state index in [1.54, 1.807) is 13.8 Å². The normalized spacial score (nSPS) is 19.6. The predicted molar refractivity (Wildman–Crippen MR) is 180 cm³/mol. The van der Waals surface area contributed by atoms with Gasteiger partial charge in [0.05, 0.1) is 41.2 Å². The Bertz CT molecular complexity index is 1730. The van der Waals surface area contributed by atoms with Crippen molar-refractivity contribution in [1.29, 1.82) is 0 Å². The molecule has 0 bridgehead atoms. The lowest BCUT2D eigenvalue weighted by Crippen LogP contribution is -2.52. The summed E-state index contributed by atoms with van der Waals surface area (Å²) in [5.74, 6) is -4.60. The van der Waals surface area contributed by atoms with Gasteiger partial charge in [-0.05, 0) is 57.4 Å². The Hall–Kier alpha value is -4.35. The van der Waals surface area contributed by atoms with Crippen molar-refractivity contribution in [3.05, 3.63) is 41.7 Å². The van der Waals surface area contributed by atoms with Crippen molar-refractivity contribution in [3.8, 4) is 0 Å². The lowest BCUT2D eigenvalue weighted by molar-refractivity contribution is -0.139. The second-order valence-electron chi connectivity index (χ2n) is 13.4. The molecule has 4 rings (SSSR count). The second-order valence-corrected chi connectivity index (χ2v) is 15.5. The van der Waals surface area contributed by atoms with Crippen molar-refractivity contribution >= 4 is 45.0 Å². The van der Waals surface area contributed by atoms with E-state index in [2.05, 4.69) is 20.6 Å². The molecule has 1 unspecified atom stereocenters. The monoisotopic (exact) mass is 715 g/mol. The van der Waals surface area contributed by atoms with E-state index >= 15 is 0 Å². The highest BCUT2D eigenvalue weighted by molar-refractivity contribution is 7.91. The first-order chi connectivity index (χ1) is 23.5. The number of primary amides is 1. The summed E-state index contributed by atoms with van der Waals surface area (Å²) in [7, 11) is -2.25. The van der Waals surface area contributed by atoms with Gasteiger partial charge in [-0.15, -0.1) is 5.10 Å².